The predicted octanol–water partition coefficient (Wildman–Crippen LogP) is 2.63. The summed E-state index contributed by atoms with van der Waals surface area (Å²) < 4.78 is 22.8. The maximum atomic E-state index is 13.3. The molecular weight excluding hydrogens is 632 g/mol. The van der Waals surface area contributed by atoms with Crippen molar-refractivity contribution in [2.45, 2.75) is 63.9 Å². The molecule has 0 saturated heterocycles. The van der Waals surface area contributed by atoms with E-state index in [4.69, 9.17) is 18.9 Å². The first kappa shape index (κ1) is 32.8. The number of hydrogen-bond acceptors (Lipinski definition) is 14. The van der Waals surface area contributed by atoms with Gasteiger partial charge < -0.3 is 49.6 Å². The van der Waals surface area contributed by atoms with E-state index in [9.17, 15) is 49.8 Å². The Balaban J connectivity index is 1.50. The van der Waals surface area contributed by atoms with Gasteiger partial charge in [-0.15, -0.1) is 0 Å². The second-order valence-electron chi connectivity index (χ2n) is 12.7. The number of rotatable bonds is 5. The summed E-state index contributed by atoms with van der Waals surface area (Å²) in [6.07, 6.45) is -2.89. The molecule has 0 unspecified atom stereocenters. The number of ether oxygens (including phenoxy) is 4. The van der Waals surface area contributed by atoms with Crippen LogP contribution < -0.4 is 9.47 Å². The number of Topliss-reactive ketones (excluding diaryl/α,β-unsaturated/α-hetero) is 2. The maximum Gasteiger partial charge on any atom is 0.303 e. The first-order valence-electron chi connectivity index (χ1n) is 15.2. The van der Waals surface area contributed by atoms with E-state index >= 15 is 0 Å². The molecule has 2 saturated carbocycles. The van der Waals surface area contributed by atoms with Gasteiger partial charge in [-0.2, -0.15) is 0 Å². The van der Waals surface area contributed by atoms with Gasteiger partial charge in [-0.25, -0.2) is 0 Å². The van der Waals surface area contributed by atoms with E-state index in [1.54, 1.807) is 13.8 Å². The molecule has 0 radical (unpaired) electrons. The SMILES string of the molecule is CC(=O)OC[C@@]12Oc3ccc(-c4ccc5c(c4O)C(O)=C4C(=O)C[C@H](C)[C@H](OC(C)=O)[C@]4(CO)O5)c(O)c3C(O)=C1C(=O)C[C@H](C)[C@@H]2O. The summed E-state index contributed by atoms with van der Waals surface area (Å²) in [4.78, 5) is 50.2. The molecule has 2 aromatic carbocycles. The van der Waals surface area contributed by atoms with Crippen molar-refractivity contribution >= 4 is 35.0 Å². The molecule has 14 heteroatoms. The number of ketones is 2. The Labute approximate surface area is 273 Å². The molecule has 254 valence electrons. The van der Waals surface area contributed by atoms with Crippen molar-refractivity contribution < 1.29 is 68.8 Å². The third-order valence-electron chi connectivity index (χ3n) is 9.53. The Morgan fingerprint density at radius 2 is 1.27 bits per heavy atom. The average Bonchev–Trinajstić information content (AvgIpc) is 3.01. The lowest BCUT2D eigenvalue weighted by molar-refractivity contribution is -0.172. The highest BCUT2D eigenvalue weighted by Crippen LogP contribution is 2.55. The van der Waals surface area contributed by atoms with Gasteiger partial charge in [-0.05, 0) is 30.2 Å². The summed E-state index contributed by atoms with van der Waals surface area (Å²) in [7, 11) is 0. The van der Waals surface area contributed by atoms with E-state index in [-0.39, 0.29) is 46.6 Å². The number of phenols is 2. The molecule has 2 aliphatic carbocycles. The van der Waals surface area contributed by atoms with Crippen molar-refractivity contribution in [2.75, 3.05) is 13.2 Å². The highest BCUT2D eigenvalue weighted by Gasteiger charge is 2.60. The van der Waals surface area contributed by atoms with E-state index in [0.29, 0.717) is 0 Å². The zero-order chi connectivity index (χ0) is 35.0. The number of phenolic OH excluding ortho intramolecular Hbond substituents is 2. The van der Waals surface area contributed by atoms with Gasteiger partial charge in [-0.1, -0.05) is 13.8 Å². The third kappa shape index (κ3) is 4.53. The Morgan fingerprint density at radius 3 is 1.75 bits per heavy atom. The summed E-state index contributed by atoms with van der Waals surface area (Å²) in [5, 5.41) is 67.7. The zero-order valence-corrected chi connectivity index (χ0v) is 26.4. The minimum atomic E-state index is -1.97. The molecule has 14 nitrogen and oxygen atoms in total. The number of aliphatic hydroxyl groups is 4. The van der Waals surface area contributed by atoms with Gasteiger partial charge in [0.05, 0.1) is 17.8 Å². The van der Waals surface area contributed by atoms with Crippen LogP contribution in [-0.2, 0) is 28.7 Å². The minimum Gasteiger partial charge on any atom is -0.506 e. The number of benzene rings is 2. The van der Waals surface area contributed by atoms with Gasteiger partial charge >= 0.3 is 11.9 Å². The van der Waals surface area contributed by atoms with E-state index < -0.39 is 106 Å². The molecule has 0 amide bonds. The predicted molar refractivity (Wildman–Crippen MR) is 164 cm³/mol. The molecule has 4 aliphatic rings. The summed E-state index contributed by atoms with van der Waals surface area (Å²) >= 11 is 0. The molecule has 0 aromatic heterocycles. The Morgan fingerprint density at radius 1 is 0.792 bits per heavy atom. The highest BCUT2D eigenvalue weighted by molar-refractivity contribution is 6.08. The molecule has 0 bridgehead atoms. The standard InChI is InChI=1S/C34H34O14/c1-13-9-19(38)26-30(43)24-22(48-34(26,31(13)44)12-45-15(3)36)8-6-18(28(24)41)17-5-7-21-23(27(17)40)29(42)25-20(39)10-14(2)32(46-16(4)37)33(25,11-35)47-21/h5-8,13-14,31-32,35,40-44H,9-12H2,1-4H3/t13-,14-,31-,32-,33+,34+/m0/s1. The van der Waals surface area contributed by atoms with Crippen LogP contribution in [0.4, 0.5) is 0 Å². The van der Waals surface area contributed by atoms with Gasteiger partial charge in [-0.3, -0.25) is 19.2 Å². The summed E-state index contributed by atoms with van der Waals surface area (Å²) in [5.41, 5.74) is -5.62. The van der Waals surface area contributed by atoms with Crippen LogP contribution in [0.15, 0.2) is 35.4 Å². The fourth-order valence-electron chi connectivity index (χ4n) is 7.41. The van der Waals surface area contributed by atoms with Crippen molar-refractivity contribution in [3.63, 3.8) is 0 Å². The second kappa shape index (κ2) is 11.3. The highest BCUT2D eigenvalue weighted by atomic mass is 16.6. The van der Waals surface area contributed by atoms with Gasteiger partial charge in [0.25, 0.3) is 0 Å². The zero-order valence-electron chi connectivity index (χ0n) is 26.4. The number of aromatic hydroxyl groups is 2. The Kier molecular flexibility index (Phi) is 7.71. The lowest BCUT2D eigenvalue weighted by atomic mass is 9.69. The fourth-order valence-corrected chi connectivity index (χ4v) is 7.41. The molecule has 6 N–H and O–H groups in total. The number of aliphatic hydroxyl groups excluding tert-OH is 4. The average molecular weight is 667 g/mol. The molecule has 0 spiro atoms. The lowest BCUT2D eigenvalue weighted by Crippen LogP contribution is -2.62. The minimum absolute atomic E-state index is 0.104. The summed E-state index contributed by atoms with van der Waals surface area (Å²) in [5.74, 6) is -6.95. The van der Waals surface area contributed by atoms with Gasteiger partial charge in [0.1, 0.15) is 58.4 Å². The normalized spacial score (nSPS) is 29.1. The number of esters is 2. The molecule has 2 aliphatic heterocycles. The van der Waals surface area contributed by atoms with E-state index in [0.717, 1.165) is 13.8 Å². The molecule has 2 aromatic rings. The molecule has 6 atom stereocenters. The van der Waals surface area contributed by atoms with Crippen LogP contribution in [-0.4, -0.2) is 90.8 Å². The largest absolute Gasteiger partial charge is 0.506 e. The molecule has 2 heterocycles. The second-order valence-corrected chi connectivity index (χ2v) is 12.7. The summed E-state index contributed by atoms with van der Waals surface area (Å²) in [6, 6.07) is 5.24. The van der Waals surface area contributed by atoms with E-state index in [1.165, 1.54) is 24.3 Å². The van der Waals surface area contributed by atoms with Gasteiger partial charge in [0, 0.05) is 43.7 Å². The number of fused-ring (bicyclic) bond motifs is 4. The van der Waals surface area contributed by atoms with Crippen LogP contribution in [0, 0.1) is 11.8 Å². The van der Waals surface area contributed by atoms with Gasteiger partial charge in [0.15, 0.2) is 17.7 Å². The van der Waals surface area contributed by atoms with Crippen molar-refractivity contribution in [2.24, 2.45) is 11.8 Å². The molecular formula is C34H34O14. The molecule has 48 heavy (non-hydrogen) atoms. The van der Waals surface area contributed by atoms with Crippen LogP contribution in [0.2, 0.25) is 0 Å². The quantitative estimate of drug-likeness (QED) is 0.252. The van der Waals surface area contributed by atoms with Crippen LogP contribution >= 0.6 is 0 Å². The van der Waals surface area contributed by atoms with E-state index in [1.807, 2.05) is 0 Å². The Hall–Kier alpha value is -5.08. The Bertz CT molecular complexity index is 1770. The van der Waals surface area contributed by atoms with Crippen LogP contribution in [0.5, 0.6) is 23.0 Å². The summed E-state index contributed by atoms with van der Waals surface area (Å²) in [6.45, 7) is 4.06. The first-order valence-corrected chi connectivity index (χ1v) is 15.2. The number of carbonyl (C=O) groups is 4. The lowest BCUT2D eigenvalue weighted by Gasteiger charge is -2.47. The van der Waals surface area contributed by atoms with Crippen molar-refractivity contribution in [3.05, 3.63) is 46.5 Å². The fraction of sp³-hybridized carbons (Fsp3) is 0.412. The van der Waals surface area contributed by atoms with Crippen LogP contribution in [0.1, 0.15) is 51.7 Å². The van der Waals surface area contributed by atoms with Crippen LogP contribution in [0.3, 0.4) is 0 Å². The van der Waals surface area contributed by atoms with Crippen molar-refractivity contribution in [1.29, 1.82) is 0 Å². The first-order chi connectivity index (χ1) is 22.6. The monoisotopic (exact) mass is 666 g/mol. The number of carbonyl (C=O) groups excluding carboxylic acids is 4. The van der Waals surface area contributed by atoms with Crippen LogP contribution in [0.25, 0.3) is 22.6 Å². The maximum absolute atomic E-state index is 13.3. The number of hydrogen-bond donors (Lipinski definition) is 6. The smallest absolute Gasteiger partial charge is 0.303 e. The van der Waals surface area contributed by atoms with Crippen molar-refractivity contribution in [3.8, 4) is 34.1 Å². The molecule has 2 fully saturated rings. The van der Waals surface area contributed by atoms with E-state index in [2.05, 4.69) is 0 Å². The third-order valence-corrected chi connectivity index (χ3v) is 9.53. The molecule has 6 rings (SSSR count). The van der Waals surface area contributed by atoms with Gasteiger partial charge in [0.2, 0.25) is 11.2 Å². The van der Waals surface area contributed by atoms with Crippen molar-refractivity contribution in [1.82, 2.24) is 0 Å². The topological polar surface area (TPSA) is 227 Å².